The monoisotopic (exact) mass is 363 g/mol. The van der Waals surface area contributed by atoms with Gasteiger partial charge in [0.2, 0.25) is 0 Å². The van der Waals surface area contributed by atoms with Crippen molar-refractivity contribution in [2.45, 2.75) is 6.54 Å². The Hall–Kier alpha value is -2.24. The molecule has 1 aromatic heterocycles. The molecule has 0 radical (unpaired) electrons. The Balaban J connectivity index is 1.92. The fourth-order valence-corrected chi connectivity index (χ4v) is 2.68. The third-order valence-corrected chi connectivity index (χ3v) is 4.32. The maximum absolute atomic E-state index is 6.05. The Kier molecular flexibility index (Phi) is 4.92. The van der Waals surface area contributed by atoms with Gasteiger partial charge in [-0.1, -0.05) is 29.3 Å². The maximum atomic E-state index is 6.05. The molecule has 7 heteroatoms. The van der Waals surface area contributed by atoms with Gasteiger partial charge >= 0.3 is 0 Å². The van der Waals surface area contributed by atoms with E-state index in [0.29, 0.717) is 33.9 Å². The average molecular weight is 364 g/mol. The van der Waals surface area contributed by atoms with Crippen molar-refractivity contribution in [2.24, 2.45) is 0 Å². The van der Waals surface area contributed by atoms with E-state index in [1.165, 1.54) is 6.33 Å². The van der Waals surface area contributed by atoms with E-state index < -0.39 is 0 Å². The van der Waals surface area contributed by atoms with Crippen LogP contribution in [0.1, 0.15) is 5.56 Å². The first kappa shape index (κ1) is 16.6. The zero-order valence-electron chi connectivity index (χ0n) is 13.1. The molecule has 0 spiro atoms. The van der Waals surface area contributed by atoms with Gasteiger partial charge in [-0.3, -0.25) is 0 Å². The summed E-state index contributed by atoms with van der Waals surface area (Å²) in [4.78, 5) is 8.60. The highest BCUT2D eigenvalue weighted by Crippen LogP contribution is 2.33. The second-order valence-electron chi connectivity index (χ2n) is 5.05. The van der Waals surface area contributed by atoms with Gasteiger partial charge in [0, 0.05) is 18.0 Å². The van der Waals surface area contributed by atoms with Gasteiger partial charge in [-0.2, -0.15) is 0 Å². The average Bonchev–Trinajstić information content (AvgIpc) is 2.61. The molecule has 1 N–H and O–H groups in total. The normalized spacial score (nSPS) is 10.7. The van der Waals surface area contributed by atoms with Gasteiger partial charge in [-0.15, -0.1) is 0 Å². The van der Waals surface area contributed by atoms with Crippen LogP contribution < -0.4 is 14.8 Å². The van der Waals surface area contributed by atoms with E-state index >= 15 is 0 Å². The molecule has 0 aliphatic rings. The molecular weight excluding hydrogens is 349 g/mol. The van der Waals surface area contributed by atoms with Crippen molar-refractivity contribution < 1.29 is 9.47 Å². The number of anilines is 1. The van der Waals surface area contributed by atoms with Crippen LogP contribution in [0.2, 0.25) is 10.0 Å². The van der Waals surface area contributed by atoms with E-state index in [2.05, 4.69) is 15.3 Å². The number of aromatic nitrogens is 2. The Morgan fingerprint density at radius 3 is 2.42 bits per heavy atom. The third kappa shape index (κ3) is 3.32. The van der Waals surface area contributed by atoms with Crippen molar-refractivity contribution in [3.05, 3.63) is 52.3 Å². The summed E-state index contributed by atoms with van der Waals surface area (Å²) < 4.78 is 10.7. The first-order valence-corrected chi connectivity index (χ1v) is 7.92. The largest absolute Gasteiger partial charge is 0.493 e. The highest BCUT2D eigenvalue weighted by Gasteiger charge is 2.11. The molecule has 0 aliphatic heterocycles. The van der Waals surface area contributed by atoms with Gasteiger partial charge in [-0.05, 0) is 23.8 Å². The molecule has 0 amide bonds. The molecule has 1 heterocycles. The minimum Gasteiger partial charge on any atom is -0.493 e. The number of fused-ring (bicyclic) bond motifs is 1. The minimum absolute atomic E-state index is 0.523. The fraction of sp³-hybridized carbons (Fsp3) is 0.176. The summed E-state index contributed by atoms with van der Waals surface area (Å²) in [5.74, 6) is 1.95. The van der Waals surface area contributed by atoms with Crippen molar-refractivity contribution in [2.75, 3.05) is 19.5 Å². The Bertz CT molecular complexity index is 887. The molecule has 0 unspecified atom stereocenters. The third-order valence-electron chi connectivity index (χ3n) is 3.58. The Morgan fingerprint density at radius 2 is 1.71 bits per heavy atom. The van der Waals surface area contributed by atoms with Gasteiger partial charge in [0.1, 0.15) is 12.1 Å². The highest BCUT2D eigenvalue weighted by atomic mass is 35.5. The molecule has 24 heavy (non-hydrogen) atoms. The molecule has 2 aromatic carbocycles. The summed E-state index contributed by atoms with van der Waals surface area (Å²) >= 11 is 12.0. The molecule has 3 rings (SSSR count). The number of nitrogens with one attached hydrogen (secondary N) is 1. The van der Waals surface area contributed by atoms with Crippen molar-refractivity contribution in [1.82, 2.24) is 9.97 Å². The molecule has 0 atom stereocenters. The second kappa shape index (κ2) is 7.11. The molecule has 3 aromatic rings. The zero-order valence-corrected chi connectivity index (χ0v) is 14.6. The quantitative estimate of drug-likeness (QED) is 0.719. The lowest BCUT2D eigenvalue weighted by atomic mass is 10.2. The van der Waals surface area contributed by atoms with Gasteiger partial charge < -0.3 is 14.8 Å². The minimum atomic E-state index is 0.523. The summed E-state index contributed by atoms with van der Waals surface area (Å²) in [5.41, 5.74) is 1.76. The number of halogens is 2. The van der Waals surface area contributed by atoms with Gasteiger partial charge in [0.15, 0.2) is 11.5 Å². The number of methoxy groups -OCH3 is 2. The number of hydrogen-bond acceptors (Lipinski definition) is 5. The predicted octanol–water partition coefficient (Wildman–Crippen LogP) is 4.57. The SMILES string of the molecule is COc1cc2ncnc(NCc3ccc(Cl)c(Cl)c3)c2cc1OC. The van der Waals surface area contributed by atoms with Crippen molar-refractivity contribution >= 4 is 39.9 Å². The summed E-state index contributed by atoms with van der Waals surface area (Å²) in [6.07, 6.45) is 1.51. The maximum Gasteiger partial charge on any atom is 0.162 e. The predicted molar refractivity (Wildman–Crippen MR) is 96.4 cm³/mol. The summed E-state index contributed by atoms with van der Waals surface area (Å²) in [5, 5.41) is 5.19. The summed E-state index contributed by atoms with van der Waals surface area (Å²) in [6.45, 7) is 0.553. The van der Waals surface area contributed by atoms with Crippen LogP contribution >= 0.6 is 23.2 Å². The van der Waals surface area contributed by atoms with Crippen LogP contribution in [0.3, 0.4) is 0 Å². The summed E-state index contributed by atoms with van der Waals surface area (Å²) in [7, 11) is 3.19. The molecular formula is C17H15Cl2N3O2. The zero-order chi connectivity index (χ0) is 17.1. The fourth-order valence-electron chi connectivity index (χ4n) is 2.36. The van der Waals surface area contributed by atoms with E-state index in [1.54, 1.807) is 20.3 Å². The first-order chi connectivity index (χ1) is 11.6. The lowest BCUT2D eigenvalue weighted by Crippen LogP contribution is -2.03. The second-order valence-corrected chi connectivity index (χ2v) is 5.86. The lowest BCUT2D eigenvalue weighted by Gasteiger charge is -2.12. The Morgan fingerprint density at radius 1 is 0.958 bits per heavy atom. The number of hydrogen-bond donors (Lipinski definition) is 1. The Labute approximate surface area is 149 Å². The smallest absolute Gasteiger partial charge is 0.162 e. The molecule has 0 fully saturated rings. The van der Waals surface area contributed by atoms with Crippen LogP contribution in [0.5, 0.6) is 11.5 Å². The van der Waals surface area contributed by atoms with Crippen molar-refractivity contribution in [1.29, 1.82) is 0 Å². The lowest BCUT2D eigenvalue weighted by molar-refractivity contribution is 0.356. The van der Waals surface area contributed by atoms with E-state index in [1.807, 2.05) is 24.3 Å². The van der Waals surface area contributed by atoms with Crippen LogP contribution in [-0.4, -0.2) is 24.2 Å². The molecule has 0 saturated heterocycles. The van der Waals surface area contributed by atoms with Crippen molar-refractivity contribution in [3.63, 3.8) is 0 Å². The van der Waals surface area contributed by atoms with Gasteiger partial charge in [-0.25, -0.2) is 9.97 Å². The van der Waals surface area contributed by atoms with Gasteiger partial charge in [0.05, 0.1) is 29.8 Å². The number of benzene rings is 2. The van der Waals surface area contributed by atoms with Crippen LogP contribution in [-0.2, 0) is 6.54 Å². The van der Waals surface area contributed by atoms with Gasteiger partial charge in [0.25, 0.3) is 0 Å². The number of nitrogens with zero attached hydrogens (tertiary/aromatic N) is 2. The standard InChI is InChI=1S/C17H15Cl2N3O2/c1-23-15-6-11-14(7-16(15)24-2)21-9-22-17(11)20-8-10-3-4-12(18)13(19)5-10/h3-7,9H,8H2,1-2H3,(H,20,21,22). The molecule has 5 nitrogen and oxygen atoms in total. The highest BCUT2D eigenvalue weighted by molar-refractivity contribution is 6.42. The number of rotatable bonds is 5. The van der Waals surface area contributed by atoms with E-state index in [0.717, 1.165) is 16.5 Å². The van der Waals surface area contributed by atoms with E-state index in [-0.39, 0.29) is 0 Å². The van der Waals surface area contributed by atoms with Crippen LogP contribution in [0.4, 0.5) is 5.82 Å². The van der Waals surface area contributed by atoms with Crippen LogP contribution in [0.25, 0.3) is 10.9 Å². The van der Waals surface area contributed by atoms with E-state index in [9.17, 15) is 0 Å². The van der Waals surface area contributed by atoms with E-state index in [4.69, 9.17) is 32.7 Å². The molecule has 124 valence electrons. The molecule has 0 saturated carbocycles. The first-order valence-electron chi connectivity index (χ1n) is 7.17. The topological polar surface area (TPSA) is 56.3 Å². The molecule has 0 bridgehead atoms. The van der Waals surface area contributed by atoms with Crippen LogP contribution in [0, 0.1) is 0 Å². The van der Waals surface area contributed by atoms with Crippen LogP contribution in [0.15, 0.2) is 36.7 Å². The number of ether oxygens (including phenoxy) is 2. The molecule has 0 aliphatic carbocycles. The van der Waals surface area contributed by atoms with Crippen molar-refractivity contribution in [3.8, 4) is 11.5 Å². The summed E-state index contributed by atoms with van der Waals surface area (Å²) in [6, 6.07) is 9.18.